The largest absolute Gasteiger partial charge is 0.326 e. The fraction of sp³-hybridized carbons (Fsp3) is 0.529. The molecule has 112 valence electrons. The number of carbonyl (C=O) groups excluding carboxylic acids is 2. The van der Waals surface area contributed by atoms with Crippen molar-refractivity contribution in [2.45, 2.75) is 39.0 Å². The molecule has 21 heavy (non-hydrogen) atoms. The quantitative estimate of drug-likeness (QED) is 0.891. The fourth-order valence-corrected chi connectivity index (χ4v) is 3.95. The van der Waals surface area contributed by atoms with Gasteiger partial charge in [0, 0.05) is 24.7 Å². The summed E-state index contributed by atoms with van der Waals surface area (Å²) in [6, 6.07) is 7.29. The van der Waals surface area contributed by atoms with E-state index in [0.29, 0.717) is 18.0 Å². The van der Waals surface area contributed by atoms with Crippen molar-refractivity contribution in [3.63, 3.8) is 0 Å². The maximum atomic E-state index is 12.2. The van der Waals surface area contributed by atoms with Crippen molar-refractivity contribution in [1.82, 2.24) is 0 Å². The fourth-order valence-electron chi connectivity index (χ4n) is 3.95. The van der Waals surface area contributed by atoms with Gasteiger partial charge >= 0.3 is 0 Å². The number of hydrogen-bond acceptors (Lipinski definition) is 2. The third-order valence-corrected chi connectivity index (χ3v) is 4.80. The minimum absolute atomic E-state index is 0.0903. The van der Waals surface area contributed by atoms with E-state index in [1.807, 2.05) is 18.2 Å². The average Bonchev–Trinajstić information content (AvgIpc) is 3.00. The Kier molecular flexibility index (Phi) is 3.95. The van der Waals surface area contributed by atoms with Crippen LogP contribution in [0.5, 0.6) is 0 Å². The zero-order chi connectivity index (χ0) is 14.8. The summed E-state index contributed by atoms with van der Waals surface area (Å²) in [6.07, 6.45) is 5.85. The maximum absolute atomic E-state index is 12.2. The molecule has 2 aliphatic rings. The predicted octanol–water partition coefficient (Wildman–Crippen LogP) is 3.41. The molecule has 2 saturated carbocycles. The van der Waals surface area contributed by atoms with Crippen molar-refractivity contribution in [3.05, 3.63) is 24.3 Å². The van der Waals surface area contributed by atoms with Gasteiger partial charge in [-0.15, -0.1) is 0 Å². The van der Waals surface area contributed by atoms with Crippen LogP contribution < -0.4 is 10.6 Å². The standard InChI is InChI=1S/C17H22N2O2/c1-11(20)18-15-3-2-4-16(10-15)19-17(21)9-14-8-12-5-6-13(14)7-12/h2-4,10,12-14H,5-9H2,1H3,(H,18,20)(H,19,21)/t12-,13+,14+/m0/s1. The van der Waals surface area contributed by atoms with Gasteiger partial charge < -0.3 is 10.6 Å². The first-order valence-corrected chi connectivity index (χ1v) is 7.77. The van der Waals surface area contributed by atoms with Gasteiger partial charge in [-0.2, -0.15) is 0 Å². The van der Waals surface area contributed by atoms with E-state index in [0.717, 1.165) is 17.5 Å². The highest BCUT2D eigenvalue weighted by Gasteiger charge is 2.40. The topological polar surface area (TPSA) is 58.2 Å². The summed E-state index contributed by atoms with van der Waals surface area (Å²) in [5, 5.41) is 5.67. The lowest BCUT2D eigenvalue weighted by atomic mass is 9.86. The zero-order valence-corrected chi connectivity index (χ0v) is 12.4. The highest BCUT2D eigenvalue weighted by molar-refractivity contribution is 5.93. The van der Waals surface area contributed by atoms with E-state index in [1.54, 1.807) is 6.07 Å². The van der Waals surface area contributed by atoms with E-state index in [2.05, 4.69) is 10.6 Å². The molecule has 0 spiro atoms. The van der Waals surface area contributed by atoms with Crippen LogP contribution in [0.15, 0.2) is 24.3 Å². The average molecular weight is 286 g/mol. The van der Waals surface area contributed by atoms with Crippen LogP contribution >= 0.6 is 0 Å². The molecule has 2 aliphatic carbocycles. The van der Waals surface area contributed by atoms with Gasteiger partial charge in [0.1, 0.15) is 0 Å². The predicted molar refractivity (Wildman–Crippen MR) is 82.9 cm³/mol. The van der Waals surface area contributed by atoms with E-state index >= 15 is 0 Å². The SMILES string of the molecule is CC(=O)Nc1cccc(NC(=O)C[C@H]2C[C@H]3CC[C@@H]2C3)c1. The molecule has 4 heteroatoms. The Balaban J connectivity index is 1.56. The molecule has 0 aliphatic heterocycles. The lowest BCUT2D eigenvalue weighted by molar-refractivity contribution is -0.117. The summed E-state index contributed by atoms with van der Waals surface area (Å²) >= 11 is 0. The molecular formula is C17H22N2O2. The van der Waals surface area contributed by atoms with Crippen LogP contribution in [0.4, 0.5) is 11.4 Å². The first-order valence-electron chi connectivity index (χ1n) is 7.77. The lowest BCUT2D eigenvalue weighted by Crippen LogP contribution is -2.20. The Bertz CT molecular complexity index is 555. The normalized spacial score (nSPS) is 26.6. The van der Waals surface area contributed by atoms with Gasteiger partial charge in [-0.3, -0.25) is 9.59 Å². The van der Waals surface area contributed by atoms with Crippen molar-refractivity contribution in [2.24, 2.45) is 17.8 Å². The third kappa shape index (κ3) is 3.43. The molecule has 1 aromatic carbocycles. The van der Waals surface area contributed by atoms with Crippen molar-refractivity contribution in [3.8, 4) is 0 Å². The second-order valence-corrected chi connectivity index (χ2v) is 6.45. The summed E-state index contributed by atoms with van der Waals surface area (Å²) in [4.78, 5) is 23.2. The van der Waals surface area contributed by atoms with E-state index in [4.69, 9.17) is 0 Å². The summed E-state index contributed by atoms with van der Waals surface area (Å²) < 4.78 is 0. The van der Waals surface area contributed by atoms with Crippen molar-refractivity contribution >= 4 is 23.2 Å². The number of hydrogen-bond donors (Lipinski definition) is 2. The molecular weight excluding hydrogens is 264 g/mol. The van der Waals surface area contributed by atoms with Gasteiger partial charge in [-0.25, -0.2) is 0 Å². The summed E-state index contributed by atoms with van der Waals surface area (Å²) in [5.41, 5.74) is 1.45. The Hall–Kier alpha value is -1.84. The molecule has 3 rings (SSSR count). The summed E-state index contributed by atoms with van der Waals surface area (Å²) in [6.45, 7) is 1.47. The van der Waals surface area contributed by atoms with E-state index < -0.39 is 0 Å². The molecule has 3 atom stereocenters. The number of carbonyl (C=O) groups is 2. The van der Waals surface area contributed by atoms with Crippen LogP contribution in [0, 0.1) is 17.8 Å². The lowest BCUT2D eigenvalue weighted by Gasteiger charge is -2.21. The van der Waals surface area contributed by atoms with Crippen molar-refractivity contribution in [1.29, 1.82) is 0 Å². The highest BCUT2D eigenvalue weighted by Crippen LogP contribution is 2.49. The first-order chi connectivity index (χ1) is 10.1. The number of amides is 2. The van der Waals surface area contributed by atoms with Crippen molar-refractivity contribution < 1.29 is 9.59 Å². The number of nitrogens with one attached hydrogen (secondary N) is 2. The Morgan fingerprint density at radius 2 is 1.90 bits per heavy atom. The molecule has 0 heterocycles. The molecule has 0 saturated heterocycles. The number of fused-ring (bicyclic) bond motifs is 2. The van der Waals surface area contributed by atoms with Gasteiger partial charge in [-0.05, 0) is 55.2 Å². The van der Waals surface area contributed by atoms with Gasteiger partial charge in [-0.1, -0.05) is 12.5 Å². The molecule has 4 nitrogen and oxygen atoms in total. The molecule has 2 N–H and O–H groups in total. The summed E-state index contributed by atoms with van der Waals surface area (Å²) in [5.74, 6) is 2.19. The zero-order valence-electron chi connectivity index (χ0n) is 12.4. The molecule has 0 unspecified atom stereocenters. The van der Waals surface area contributed by atoms with E-state index in [-0.39, 0.29) is 11.8 Å². The Morgan fingerprint density at radius 3 is 2.52 bits per heavy atom. The maximum Gasteiger partial charge on any atom is 0.224 e. The van der Waals surface area contributed by atoms with Crippen LogP contribution in [0.2, 0.25) is 0 Å². The Morgan fingerprint density at radius 1 is 1.14 bits per heavy atom. The van der Waals surface area contributed by atoms with Gasteiger partial charge in [0.25, 0.3) is 0 Å². The molecule has 0 aromatic heterocycles. The van der Waals surface area contributed by atoms with Gasteiger partial charge in [0.15, 0.2) is 0 Å². The molecule has 2 bridgehead atoms. The molecule has 0 radical (unpaired) electrons. The van der Waals surface area contributed by atoms with Gasteiger partial charge in [0.05, 0.1) is 0 Å². The van der Waals surface area contributed by atoms with E-state index in [1.165, 1.54) is 32.6 Å². The monoisotopic (exact) mass is 286 g/mol. The second kappa shape index (κ2) is 5.88. The number of anilines is 2. The highest BCUT2D eigenvalue weighted by atomic mass is 16.2. The molecule has 2 amide bonds. The van der Waals surface area contributed by atoms with Crippen LogP contribution in [-0.2, 0) is 9.59 Å². The number of benzene rings is 1. The third-order valence-electron chi connectivity index (χ3n) is 4.80. The van der Waals surface area contributed by atoms with Gasteiger partial charge in [0.2, 0.25) is 11.8 Å². The smallest absolute Gasteiger partial charge is 0.224 e. The van der Waals surface area contributed by atoms with Crippen LogP contribution in [0.25, 0.3) is 0 Å². The minimum Gasteiger partial charge on any atom is -0.326 e. The van der Waals surface area contributed by atoms with Crippen LogP contribution in [0.3, 0.4) is 0 Å². The van der Waals surface area contributed by atoms with E-state index in [9.17, 15) is 9.59 Å². The minimum atomic E-state index is -0.111. The molecule has 2 fully saturated rings. The van der Waals surface area contributed by atoms with Crippen molar-refractivity contribution in [2.75, 3.05) is 10.6 Å². The Labute approximate surface area is 125 Å². The van der Waals surface area contributed by atoms with Crippen LogP contribution in [0.1, 0.15) is 39.0 Å². The van der Waals surface area contributed by atoms with Crippen LogP contribution in [-0.4, -0.2) is 11.8 Å². The summed E-state index contributed by atoms with van der Waals surface area (Å²) in [7, 11) is 0. The molecule has 1 aromatic rings. The number of rotatable bonds is 4. The second-order valence-electron chi connectivity index (χ2n) is 6.45. The first kappa shape index (κ1) is 14.1.